The molecule has 1 amide bonds. The Morgan fingerprint density at radius 1 is 1.45 bits per heavy atom. The van der Waals surface area contributed by atoms with Crippen LogP contribution in [0.1, 0.15) is 32.3 Å². The maximum Gasteiger partial charge on any atom is 0.310 e. The van der Waals surface area contributed by atoms with Crippen LogP contribution in [0.2, 0.25) is 0 Å². The molecule has 20 heavy (non-hydrogen) atoms. The van der Waals surface area contributed by atoms with E-state index in [9.17, 15) is 9.59 Å². The lowest BCUT2D eigenvalue weighted by atomic mass is 10.1. The van der Waals surface area contributed by atoms with E-state index in [1.807, 2.05) is 19.1 Å². The zero-order chi connectivity index (χ0) is 15.0. The van der Waals surface area contributed by atoms with Gasteiger partial charge in [-0.1, -0.05) is 19.9 Å². The minimum Gasteiger partial charge on any atom is -0.469 e. The number of carbonyl (C=O) groups excluding carboxylic acids is 2. The molecule has 0 saturated carbocycles. The standard InChI is InChI=1S/C15H22N2O3/c1-4-6-14(18)17(10-12(2)15(19)20-3)11-13-7-5-8-16-9-13/h5,7-9,12H,4,6,10-11H2,1-3H3. The molecule has 1 aromatic rings. The van der Waals surface area contributed by atoms with Gasteiger partial charge in [0.05, 0.1) is 13.0 Å². The SMILES string of the molecule is CCCC(=O)N(Cc1cccnc1)CC(C)C(=O)OC. The lowest BCUT2D eigenvalue weighted by Gasteiger charge is -2.25. The summed E-state index contributed by atoms with van der Waals surface area (Å²) in [5.41, 5.74) is 0.953. The van der Waals surface area contributed by atoms with Gasteiger partial charge in [-0.15, -0.1) is 0 Å². The molecular weight excluding hydrogens is 256 g/mol. The van der Waals surface area contributed by atoms with Crippen molar-refractivity contribution < 1.29 is 14.3 Å². The van der Waals surface area contributed by atoms with Crippen molar-refractivity contribution in [1.29, 1.82) is 0 Å². The molecule has 0 bridgehead atoms. The van der Waals surface area contributed by atoms with Crippen molar-refractivity contribution in [2.75, 3.05) is 13.7 Å². The lowest BCUT2D eigenvalue weighted by Crippen LogP contribution is -2.36. The van der Waals surface area contributed by atoms with E-state index < -0.39 is 0 Å². The topological polar surface area (TPSA) is 59.5 Å². The fraction of sp³-hybridized carbons (Fsp3) is 0.533. The number of nitrogens with zero attached hydrogens (tertiary/aromatic N) is 2. The Morgan fingerprint density at radius 2 is 2.20 bits per heavy atom. The van der Waals surface area contributed by atoms with Gasteiger partial charge in [-0.25, -0.2) is 0 Å². The van der Waals surface area contributed by atoms with Gasteiger partial charge in [-0.2, -0.15) is 0 Å². The molecule has 0 aliphatic heterocycles. The normalized spacial score (nSPS) is 11.8. The Kier molecular flexibility index (Phi) is 6.70. The zero-order valence-corrected chi connectivity index (χ0v) is 12.3. The van der Waals surface area contributed by atoms with Crippen molar-refractivity contribution in [2.45, 2.75) is 33.2 Å². The quantitative estimate of drug-likeness (QED) is 0.716. The first-order chi connectivity index (χ1) is 9.58. The predicted octanol–water partition coefficient (Wildman–Crippen LogP) is 2.02. The van der Waals surface area contributed by atoms with Crippen molar-refractivity contribution in [2.24, 2.45) is 5.92 Å². The van der Waals surface area contributed by atoms with E-state index in [-0.39, 0.29) is 17.8 Å². The number of hydrogen-bond donors (Lipinski definition) is 0. The Hall–Kier alpha value is -1.91. The van der Waals surface area contributed by atoms with Crippen LogP contribution in [0.15, 0.2) is 24.5 Å². The lowest BCUT2D eigenvalue weighted by molar-refractivity contribution is -0.146. The summed E-state index contributed by atoms with van der Waals surface area (Å²) < 4.78 is 4.71. The Morgan fingerprint density at radius 3 is 2.75 bits per heavy atom. The van der Waals surface area contributed by atoms with E-state index in [0.29, 0.717) is 19.5 Å². The summed E-state index contributed by atoms with van der Waals surface area (Å²) in [6, 6.07) is 3.75. The van der Waals surface area contributed by atoms with E-state index in [4.69, 9.17) is 4.74 Å². The molecular formula is C15H22N2O3. The summed E-state index contributed by atoms with van der Waals surface area (Å²) in [4.78, 5) is 29.4. The van der Waals surface area contributed by atoms with E-state index in [1.165, 1.54) is 7.11 Å². The molecule has 5 heteroatoms. The number of carbonyl (C=O) groups is 2. The van der Waals surface area contributed by atoms with Gasteiger partial charge < -0.3 is 9.64 Å². The number of methoxy groups -OCH3 is 1. The second-order valence-electron chi connectivity index (χ2n) is 4.81. The number of ether oxygens (including phenoxy) is 1. The average Bonchev–Trinajstić information content (AvgIpc) is 2.46. The zero-order valence-electron chi connectivity index (χ0n) is 12.3. The number of rotatable bonds is 7. The van der Waals surface area contributed by atoms with Crippen LogP contribution in [-0.2, 0) is 20.9 Å². The van der Waals surface area contributed by atoms with Gasteiger partial charge >= 0.3 is 5.97 Å². The monoisotopic (exact) mass is 278 g/mol. The van der Waals surface area contributed by atoms with Gasteiger partial charge in [0, 0.05) is 31.9 Å². The summed E-state index contributed by atoms with van der Waals surface area (Å²) in [5, 5.41) is 0. The molecule has 0 fully saturated rings. The highest BCUT2D eigenvalue weighted by Crippen LogP contribution is 2.10. The highest BCUT2D eigenvalue weighted by Gasteiger charge is 2.21. The predicted molar refractivity (Wildman–Crippen MR) is 75.7 cm³/mol. The highest BCUT2D eigenvalue weighted by molar-refractivity contribution is 5.77. The van der Waals surface area contributed by atoms with Crippen molar-refractivity contribution in [1.82, 2.24) is 9.88 Å². The smallest absolute Gasteiger partial charge is 0.310 e. The van der Waals surface area contributed by atoms with Crippen LogP contribution in [0.3, 0.4) is 0 Å². The highest BCUT2D eigenvalue weighted by atomic mass is 16.5. The molecule has 0 aliphatic carbocycles. The number of pyridine rings is 1. The van der Waals surface area contributed by atoms with Crippen LogP contribution in [0, 0.1) is 5.92 Å². The molecule has 1 heterocycles. The van der Waals surface area contributed by atoms with Crippen LogP contribution in [0.25, 0.3) is 0 Å². The van der Waals surface area contributed by atoms with E-state index >= 15 is 0 Å². The molecule has 0 spiro atoms. The van der Waals surface area contributed by atoms with Crippen LogP contribution in [-0.4, -0.2) is 35.4 Å². The molecule has 5 nitrogen and oxygen atoms in total. The number of aromatic nitrogens is 1. The molecule has 0 N–H and O–H groups in total. The van der Waals surface area contributed by atoms with Crippen LogP contribution < -0.4 is 0 Å². The molecule has 1 atom stereocenters. The maximum atomic E-state index is 12.1. The fourth-order valence-corrected chi connectivity index (χ4v) is 1.94. The second-order valence-corrected chi connectivity index (χ2v) is 4.81. The van der Waals surface area contributed by atoms with Crippen molar-refractivity contribution in [3.05, 3.63) is 30.1 Å². The van der Waals surface area contributed by atoms with Gasteiger partial charge in [0.2, 0.25) is 5.91 Å². The second kappa shape index (κ2) is 8.30. The maximum absolute atomic E-state index is 12.1. The first kappa shape index (κ1) is 16.1. The van der Waals surface area contributed by atoms with Crippen molar-refractivity contribution in [3.8, 4) is 0 Å². The largest absolute Gasteiger partial charge is 0.469 e. The number of hydrogen-bond acceptors (Lipinski definition) is 4. The Bertz CT molecular complexity index is 434. The molecule has 0 radical (unpaired) electrons. The average molecular weight is 278 g/mol. The third kappa shape index (κ3) is 4.99. The summed E-state index contributed by atoms with van der Waals surface area (Å²) in [5.74, 6) is -0.588. The van der Waals surface area contributed by atoms with E-state index in [2.05, 4.69) is 4.98 Å². The third-order valence-corrected chi connectivity index (χ3v) is 3.01. The summed E-state index contributed by atoms with van der Waals surface area (Å²) >= 11 is 0. The number of amides is 1. The van der Waals surface area contributed by atoms with Crippen molar-refractivity contribution in [3.63, 3.8) is 0 Å². The first-order valence-corrected chi connectivity index (χ1v) is 6.83. The Labute approximate surface area is 119 Å². The minimum atomic E-state index is -0.336. The molecule has 1 aromatic heterocycles. The van der Waals surface area contributed by atoms with Gasteiger partial charge in [-0.05, 0) is 18.1 Å². The van der Waals surface area contributed by atoms with Gasteiger partial charge in [0.25, 0.3) is 0 Å². The van der Waals surface area contributed by atoms with Crippen LogP contribution >= 0.6 is 0 Å². The van der Waals surface area contributed by atoms with Crippen LogP contribution in [0.5, 0.6) is 0 Å². The first-order valence-electron chi connectivity index (χ1n) is 6.83. The van der Waals surface area contributed by atoms with Gasteiger partial charge in [0.1, 0.15) is 0 Å². The van der Waals surface area contributed by atoms with E-state index in [0.717, 1.165) is 12.0 Å². The molecule has 1 unspecified atom stereocenters. The van der Waals surface area contributed by atoms with Crippen LogP contribution in [0.4, 0.5) is 0 Å². The summed E-state index contributed by atoms with van der Waals surface area (Å²) in [6.45, 7) is 4.56. The molecule has 0 saturated heterocycles. The summed E-state index contributed by atoms with van der Waals surface area (Å²) in [7, 11) is 1.36. The van der Waals surface area contributed by atoms with Gasteiger partial charge in [-0.3, -0.25) is 14.6 Å². The summed E-state index contributed by atoms with van der Waals surface area (Å²) in [6.07, 6.45) is 4.69. The molecule has 0 aliphatic rings. The van der Waals surface area contributed by atoms with Crippen molar-refractivity contribution >= 4 is 11.9 Å². The molecule has 110 valence electrons. The Balaban J connectivity index is 2.75. The minimum absolute atomic E-state index is 0.0482. The fourth-order valence-electron chi connectivity index (χ4n) is 1.94. The molecule has 1 rings (SSSR count). The third-order valence-electron chi connectivity index (χ3n) is 3.01. The molecule has 0 aromatic carbocycles. The van der Waals surface area contributed by atoms with E-state index in [1.54, 1.807) is 24.2 Å². The number of esters is 1. The van der Waals surface area contributed by atoms with Gasteiger partial charge in [0.15, 0.2) is 0 Å².